The SMILES string of the molecule is CN(c1ccc(F)c(NC(=O)NC2CC(C(C)(C)C)=NN2c2ccccc2)c1)c1ccc2nc(NC(=O)C3CC3)sc2n1. The lowest BCUT2D eigenvalue weighted by Gasteiger charge is -2.25. The molecule has 0 bridgehead atoms. The highest BCUT2D eigenvalue weighted by Crippen LogP contribution is 2.34. The highest BCUT2D eigenvalue weighted by atomic mass is 32.1. The Labute approximate surface area is 253 Å². The number of rotatable bonds is 7. The van der Waals surface area contributed by atoms with Crippen LogP contribution in [0.2, 0.25) is 0 Å². The number of para-hydroxylation sites is 1. The molecule has 43 heavy (non-hydrogen) atoms. The zero-order valence-electron chi connectivity index (χ0n) is 24.4. The zero-order chi connectivity index (χ0) is 30.3. The predicted molar refractivity (Wildman–Crippen MR) is 170 cm³/mol. The van der Waals surface area contributed by atoms with E-state index in [1.54, 1.807) is 22.0 Å². The molecule has 0 spiro atoms. The van der Waals surface area contributed by atoms with Crippen LogP contribution in [0.3, 0.4) is 0 Å². The van der Waals surface area contributed by atoms with Crippen LogP contribution in [0.1, 0.15) is 40.0 Å². The molecule has 2 aromatic carbocycles. The van der Waals surface area contributed by atoms with E-state index in [-0.39, 0.29) is 22.9 Å². The number of halogens is 1. The highest BCUT2D eigenvalue weighted by Gasteiger charge is 2.34. The lowest BCUT2D eigenvalue weighted by Crippen LogP contribution is -2.45. The van der Waals surface area contributed by atoms with Crippen LogP contribution in [-0.2, 0) is 4.79 Å². The van der Waals surface area contributed by atoms with Crippen LogP contribution < -0.4 is 25.9 Å². The number of aromatic nitrogens is 2. The van der Waals surface area contributed by atoms with Gasteiger partial charge in [0.2, 0.25) is 5.91 Å². The lowest BCUT2D eigenvalue weighted by atomic mass is 9.88. The van der Waals surface area contributed by atoms with E-state index in [0.29, 0.717) is 33.4 Å². The van der Waals surface area contributed by atoms with E-state index in [2.05, 4.69) is 41.7 Å². The predicted octanol–water partition coefficient (Wildman–Crippen LogP) is 6.71. The monoisotopic (exact) mass is 600 g/mol. The number of carbonyl (C=O) groups is 2. The Morgan fingerprint density at radius 3 is 2.51 bits per heavy atom. The molecule has 1 aliphatic heterocycles. The zero-order valence-corrected chi connectivity index (χ0v) is 25.2. The standard InChI is InChI=1S/C31H33FN8O2S/c1-31(2,3)24-17-26(40(38-24)19-8-6-5-7-9-19)36-29(42)33-23-16-20(12-13-21(23)32)39(4)25-15-14-22-28(35-25)43-30(34-22)37-27(41)18-10-11-18/h5-9,12-16,18,26H,10-11,17H2,1-4H3,(H2,33,36,42)(H,34,37,41). The average Bonchev–Trinajstić information content (AvgIpc) is 3.62. The van der Waals surface area contributed by atoms with Gasteiger partial charge >= 0.3 is 6.03 Å². The Morgan fingerprint density at radius 1 is 1.02 bits per heavy atom. The van der Waals surface area contributed by atoms with Gasteiger partial charge in [-0.3, -0.25) is 4.79 Å². The van der Waals surface area contributed by atoms with E-state index in [9.17, 15) is 14.0 Å². The van der Waals surface area contributed by atoms with Crippen LogP contribution in [0.15, 0.2) is 65.8 Å². The number of carbonyl (C=O) groups excluding carboxylic acids is 2. The molecule has 1 saturated carbocycles. The van der Waals surface area contributed by atoms with Crippen molar-refractivity contribution in [3.8, 4) is 0 Å². The lowest BCUT2D eigenvalue weighted by molar-refractivity contribution is -0.117. The fourth-order valence-electron chi connectivity index (χ4n) is 4.76. The second-order valence-corrected chi connectivity index (χ2v) is 12.8. The van der Waals surface area contributed by atoms with Crippen LogP contribution in [0.4, 0.5) is 37.2 Å². The summed E-state index contributed by atoms with van der Waals surface area (Å²) in [6.45, 7) is 6.26. The molecule has 3 amide bonds. The summed E-state index contributed by atoms with van der Waals surface area (Å²) in [5.41, 5.74) is 2.98. The van der Waals surface area contributed by atoms with Crippen molar-refractivity contribution in [3.63, 3.8) is 0 Å². The summed E-state index contributed by atoms with van der Waals surface area (Å²) in [7, 11) is 1.81. The normalized spacial score (nSPS) is 16.6. The summed E-state index contributed by atoms with van der Waals surface area (Å²) < 4.78 is 14.9. The van der Waals surface area contributed by atoms with Crippen LogP contribution in [0.25, 0.3) is 10.3 Å². The summed E-state index contributed by atoms with van der Waals surface area (Å²) >= 11 is 1.31. The minimum atomic E-state index is -0.563. The van der Waals surface area contributed by atoms with Gasteiger partial charge in [0.15, 0.2) is 5.13 Å². The Kier molecular flexibility index (Phi) is 7.47. The number of fused-ring (bicyclic) bond motifs is 1. The van der Waals surface area contributed by atoms with Gasteiger partial charge in [-0.25, -0.2) is 24.2 Å². The van der Waals surface area contributed by atoms with Crippen LogP contribution in [0.5, 0.6) is 0 Å². The van der Waals surface area contributed by atoms with Gasteiger partial charge in [0, 0.05) is 36.2 Å². The second-order valence-electron chi connectivity index (χ2n) is 11.8. The van der Waals surface area contributed by atoms with Gasteiger partial charge in [-0.2, -0.15) is 5.10 Å². The summed E-state index contributed by atoms with van der Waals surface area (Å²) in [4.78, 5) is 36.9. The topological polar surface area (TPSA) is 115 Å². The average molecular weight is 601 g/mol. The number of thiazole rings is 1. The number of urea groups is 1. The number of hydrogen-bond donors (Lipinski definition) is 3. The third-order valence-corrected chi connectivity index (χ3v) is 8.32. The molecule has 0 radical (unpaired) electrons. The van der Waals surface area contributed by atoms with Gasteiger partial charge in [-0.15, -0.1) is 0 Å². The molecule has 222 valence electrons. The molecule has 1 unspecified atom stereocenters. The maximum Gasteiger partial charge on any atom is 0.320 e. The largest absolute Gasteiger partial charge is 0.329 e. The van der Waals surface area contributed by atoms with Gasteiger partial charge in [0.25, 0.3) is 0 Å². The van der Waals surface area contributed by atoms with Gasteiger partial charge in [-0.1, -0.05) is 50.3 Å². The van der Waals surface area contributed by atoms with E-state index in [4.69, 9.17) is 10.1 Å². The first-order valence-corrected chi connectivity index (χ1v) is 15.0. The molecule has 0 saturated heterocycles. The van der Waals surface area contributed by atoms with Crippen molar-refractivity contribution in [2.75, 3.05) is 27.6 Å². The van der Waals surface area contributed by atoms with Gasteiger partial charge in [0.1, 0.15) is 28.1 Å². The van der Waals surface area contributed by atoms with Crippen LogP contribution >= 0.6 is 11.3 Å². The quantitative estimate of drug-likeness (QED) is 0.217. The summed E-state index contributed by atoms with van der Waals surface area (Å²) in [6, 6.07) is 17.2. The number of hydrazone groups is 1. The van der Waals surface area contributed by atoms with E-state index in [1.165, 1.54) is 17.4 Å². The Bertz CT molecular complexity index is 1710. The maximum absolute atomic E-state index is 14.9. The molecule has 1 atom stereocenters. The fraction of sp³-hybridized carbons (Fsp3) is 0.323. The first-order valence-electron chi connectivity index (χ1n) is 14.2. The number of nitrogens with zero attached hydrogens (tertiary/aromatic N) is 5. The van der Waals surface area contributed by atoms with Crippen molar-refractivity contribution in [1.82, 2.24) is 15.3 Å². The van der Waals surface area contributed by atoms with Crippen molar-refractivity contribution in [1.29, 1.82) is 0 Å². The molecule has 4 aromatic rings. The molecule has 6 rings (SSSR count). The minimum Gasteiger partial charge on any atom is -0.329 e. The van der Waals surface area contributed by atoms with E-state index in [1.807, 2.05) is 49.5 Å². The third kappa shape index (κ3) is 6.29. The molecule has 1 aliphatic carbocycles. The molecule has 3 N–H and O–H groups in total. The van der Waals surface area contributed by atoms with E-state index >= 15 is 0 Å². The first kappa shape index (κ1) is 28.5. The van der Waals surface area contributed by atoms with Crippen LogP contribution in [0, 0.1) is 17.2 Å². The van der Waals surface area contributed by atoms with Crippen molar-refractivity contribution < 1.29 is 14.0 Å². The van der Waals surface area contributed by atoms with Gasteiger partial charge in [-0.05, 0) is 55.3 Å². The van der Waals surface area contributed by atoms with Gasteiger partial charge in [0.05, 0.1) is 11.4 Å². The summed E-state index contributed by atoms with van der Waals surface area (Å²) in [5.74, 6) is 0.122. The Balaban J connectivity index is 1.16. The van der Waals surface area contributed by atoms with Gasteiger partial charge < -0.3 is 20.9 Å². The number of hydrogen-bond acceptors (Lipinski definition) is 8. The molecule has 12 heteroatoms. The molecular weight excluding hydrogens is 567 g/mol. The first-order chi connectivity index (χ1) is 20.5. The van der Waals surface area contributed by atoms with Crippen molar-refractivity contribution >= 4 is 67.3 Å². The van der Waals surface area contributed by atoms with E-state index < -0.39 is 18.0 Å². The number of pyridine rings is 1. The number of nitrogens with one attached hydrogen (secondary N) is 3. The smallest absolute Gasteiger partial charge is 0.320 e. The van der Waals surface area contributed by atoms with Crippen LogP contribution in [-0.4, -0.2) is 40.8 Å². The molecule has 3 heterocycles. The Hall–Kier alpha value is -4.58. The number of benzene rings is 2. The van der Waals surface area contributed by atoms with Crippen molar-refractivity contribution in [3.05, 3.63) is 66.5 Å². The molecule has 1 fully saturated rings. The highest BCUT2D eigenvalue weighted by molar-refractivity contribution is 7.22. The third-order valence-electron chi connectivity index (χ3n) is 7.44. The Morgan fingerprint density at radius 2 is 1.79 bits per heavy atom. The maximum atomic E-state index is 14.9. The number of anilines is 5. The summed E-state index contributed by atoms with van der Waals surface area (Å²) in [5, 5.41) is 15.6. The van der Waals surface area contributed by atoms with E-state index in [0.717, 1.165) is 24.2 Å². The second kappa shape index (κ2) is 11.3. The molecule has 2 aliphatic rings. The molecule has 2 aromatic heterocycles. The summed E-state index contributed by atoms with van der Waals surface area (Å²) in [6.07, 6.45) is 1.94. The fourth-order valence-corrected chi connectivity index (χ4v) is 5.59. The number of amides is 3. The molecular formula is C31H33FN8O2S. The van der Waals surface area contributed by atoms with Crippen molar-refractivity contribution in [2.24, 2.45) is 16.4 Å². The van der Waals surface area contributed by atoms with Crippen molar-refractivity contribution in [2.45, 2.75) is 46.2 Å². The minimum absolute atomic E-state index is 0.00495. The molecule has 10 nitrogen and oxygen atoms in total.